The molecule has 0 aliphatic carbocycles. The van der Waals surface area contributed by atoms with Crippen molar-refractivity contribution in [1.82, 2.24) is 0 Å². The van der Waals surface area contributed by atoms with Gasteiger partial charge in [0.1, 0.15) is 18.2 Å². The van der Waals surface area contributed by atoms with Crippen LogP contribution in [-0.2, 0) is 13.2 Å². The molecule has 1 N–H and O–H groups in total. The first-order chi connectivity index (χ1) is 12.1. The molecule has 25 heavy (non-hydrogen) atoms. The molecule has 0 bridgehead atoms. The third kappa shape index (κ3) is 4.74. The molecular formula is C21H19ClFNO. The predicted molar refractivity (Wildman–Crippen MR) is 101 cm³/mol. The van der Waals surface area contributed by atoms with Gasteiger partial charge in [-0.25, -0.2) is 4.39 Å². The highest BCUT2D eigenvalue weighted by Crippen LogP contribution is 2.22. The van der Waals surface area contributed by atoms with Gasteiger partial charge in [-0.2, -0.15) is 0 Å². The number of nitrogens with one attached hydrogen (secondary N) is 1. The van der Waals surface area contributed by atoms with Crippen molar-refractivity contribution in [3.8, 4) is 5.75 Å². The van der Waals surface area contributed by atoms with E-state index in [-0.39, 0.29) is 12.4 Å². The van der Waals surface area contributed by atoms with Gasteiger partial charge in [0, 0.05) is 22.8 Å². The Hall–Kier alpha value is -2.52. The highest BCUT2D eigenvalue weighted by Gasteiger charge is 2.04. The first kappa shape index (κ1) is 17.3. The van der Waals surface area contributed by atoms with Crippen LogP contribution in [0.2, 0.25) is 5.02 Å². The lowest BCUT2D eigenvalue weighted by Crippen LogP contribution is -2.02. The number of anilines is 1. The molecule has 0 aliphatic heterocycles. The summed E-state index contributed by atoms with van der Waals surface area (Å²) in [4.78, 5) is 0. The van der Waals surface area contributed by atoms with E-state index in [0.717, 1.165) is 16.8 Å². The number of rotatable bonds is 6. The smallest absolute Gasteiger partial charge is 0.129 e. The molecule has 0 heterocycles. The number of aryl methyl sites for hydroxylation is 1. The SMILES string of the molecule is Cc1ccc(Cl)cc1NCc1cccc(OCc2ccccc2F)c1. The molecule has 0 fully saturated rings. The van der Waals surface area contributed by atoms with Crippen molar-refractivity contribution in [2.75, 3.05) is 5.32 Å². The fourth-order valence-corrected chi connectivity index (χ4v) is 2.68. The van der Waals surface area contributed by atoms with Gasteiger partial charge in [0.25, 0.3) is 0 Å². The van der Waals surface area contributed by atoms with Crippen molar-refractivity contribution in [3.63, 3.8) is 0 Å². The molecule has 128 valence electrons. The van der Waals surface area contributed by atoms with E-state index < -0.39 is 0 Å². The van der Waals surface area contributed by atoms with E-state index in [1.54, 1.807) is 18.2 Å². The maximum absolute atomic E-state index is 13.6. The molecular weight excluding hydrogens is 337 g/mol. The van der Waals surface area contributed by atoms with Gasteiger partial charge in [-0.05, 0) is 48.4 Å². The molecule has 0 aliphatic rings. The second kappa shape index (κ2) is 8.04. The van der Waals surface area contributed by atoms with E-state index in [4.69, 9.17) is 16.3 Å². The zero-order valence-electron chi connectivity index (χ0n) is 13.9. The molecule has 4 heteroatoms. The standard InChI is InChI=1S/C21H19ClFNO/c1-15-9-10-18(22)12-21(15)24-13-16-5-4-7-19(11-16)25-14-17-6-2-3-8-20(17)23/h2-12,24H,13-14H2,1H3. The van der Waals surface area contributed by atoms with Crippen molar-refractivity contribution >= 4 is 17.3 Å². The van der Waals surface area contributed by atoms with Gasteiger partial charge in [-0.15, -0.1) is 0 Å². The second-order valence-corrected chi connectivity index (χ2v) is 6.28. The Kier molecular flexibility index (Phi) is 5.56. The fraction of sp³-hybridized carbons (Fsp3) is 0.143. The van der Waals surface area contributed by atoms with Crippen LogP contribution in [-0.4, -0.2) is 0 Å². The van der Waals surface area contributed by atoms with E-state index >= 15 is 0 Å². The average Bonchev–Trinajstić information content (AvgIpc) is 2.62. The molecule has 0 saturated heterocycles. The lowest BCUT2D eigenvalue weighted by Gasteiger charge is -2.12. The summed E-state index contributed by atoms with van der Waals surface area (Å²) in [6.07, 6.45) is 0. The molecule has 3 rings (SSSR count). The van der Waals surface area contributed by atoms with Crippen LogP contribution < -0.4 is 10.1 Å². The van der Waals surface area contributed by atoms with Crippen molar-refractivity contribution in [3.05, 3.63) is 94.3 Å². The topological polar surface area (TPSA) is 21.3 Å². The van der Waals surface area contributed by atoms with Gasteiger partial charge in [0.2, 0.25) is 0 Å². The van der Waals surface area contributed by atoms with Crippen LogP contribution in [0.25, 0.3) is 0 Å². The summed E-state index contributed by atoms with van der Waals surface area (Å²) >= 11 is 6.05. The quantitative estimate of drug-likeness (QED) is 0.587. The fourth-order valence-electron chi connectivity index (χ4n) is 2.50. The number of hydrogen-bond donors (Lipinski definition) is 1. The minimum atomic E-state index is -0.253. The van der Waals surface area contributed by atoms with Crippen molar-refractivity contribution < 1.29 is 9.13 Å². The Balaban J connectivity index is 1.63. The minimum Gasteiger partial charge on any atom is -0.489 e. The van der Waals surface area contributed by atoms with E-state index in [0.29, 0.717) is 22.9 Å². The third-order valence-corrected chi connectivity index (χ3v) is 4.17. The maximum Gasteiger partial charge on any atom is 0.129 e. The van der Waals surface area contributed by atoms with Gasteiger partial charge in [0.15, 0.2) is 0 Å². The first-order valence-corrected chi connectivity index (χ1v) is 8.45. The van der Waals surface area contributed by atoms with E-state index in [2.05, 4.69) is 5.32 Å². The summed E-state index contributed by atoms with van der Waals surface area (Å²) < 4.78 is 19.4. The van der Waals surface area contributed by atoms with Crippen molar-refractivity contribution in [1.29, 1.82) is 0 Å². The molecule has 0 radical (unpaired) electrons. The van der Waals surface area contributed by atoms with E-state index in [1.807, 2.05) is 49.4 Å². The van der Waals surface area contributed by atoms with Gasteiger partial charge < -0.3 is 10.1 Å². The molecule has 0 saturated carbocycles. The summed E-state index contributed by atoms with van der Waals surface area (Å²) in [5.41, 5.74) is 3.76. The number of benzene rings is 3. The highest BCUT2D eigenvalue weighted by atomic mass is 35.5. The Bertz CT molecular complexity index is 866. The highest BCUT2D eigenvalue weighted by molar-refractivity contribution is 6.30. The summed E-state index contributed by atoms with van der Waals surface area (Å²) in [7, 11) is 0. The van der Waals surface area contributed by atoms with Crippen LogP contribution in [0.3, 0.4) is 0 Å². The summed E-state index contributed by atoms with van der Waals surface area (Å²) in [6, 6.07) is 20.2. The summed E-state index contributed by atoms with van der Waals surface area (Å²) in [6.45, 7) is 2.89. The normalized spacial score (nSPS) is 10.5. The average molecular weight is 356 g/mol. The van der Waals surface area contributed by atoms with Gasteiger partial charge in [-0.3, -0.25) is 0 Å². The van der Waals surface area contributed by atoms with Crippen LogP contribution in [0.4, 0.5) is 10.1 Å². The lowest BCUT2D eigenvalue weighted by molar-refractivity contribution is 0.299. The number of halogens is 2. The van der Waals surface area contributed by atoms with E-state index in [1.165, 1.54) is 6.07 Å². The molecule has 0 aromatic heterocycles. The summed E-state index contributed by atoms with van der Waals surface area (Å²) in [5, 5.41) is 4.08. The second-order valence-electron chi connectivity index (χ2n) is 5.84. The third-order valence-electron chi connectivity index (χ3n) is 3.93. The van der Waals surface area contributed by atoms with Crippen LogP contribution >= 0.6 is 11.6 Å². The zero-order chi connectivity index (χ0) is 17.6. The van der Waals surface area contributed by atoms with E-state index in [9.17, 15) is 4.39 Å². The maximum atomic E-state index is 13.6. The molecule has 3 aromatic rings. The van der Waals surface area contributed by atoms with Crippen LogP contribution in [0.5, 0.6) is 5.75 Å². The Labute approximate surface area is 152 Å². The molecule has 0 amide bonds. The molecule has 0 spiro atoms. The van der Waals surface area contributed by atoms with Gasteiger partial charge >= 0.3 is 0 Å². The van der Waals surface area contributed by atoms with Crippen molar-refractivity contribution in [2.45, 2.75) is 20.1 Å². The van der Waals surface area contributed by atoms with Crippen LogP contribution in [0.15, 0.2) is 66.7 Å². The Morgan fingerprint density at radius 2 is 1.84 bits per heavy atom. The predicted octanol–water partition coefficient (Wildman–Crippen LogP) is 5.98. The monoisotopic (exact) mass is 355 g/mol. The molecule has 0 atom stereocenters. The van der Waals surface area contributed by atoms with Gasteiger partial charge in [-0.1, -0.05) is 48.0 Å². The van der Waals surface area contributed by atoms with Gasteiger partial charge in [0.05, 0.1) is 0 Å². The first-order valence-electron chi connectivity index (χ1n) is 8.07. The van der Waals surface area contributed by atoms with Crippen LogP contribution in [0, 0.1) is 12.7 Å². The molecule has 0 unspecified atom stereocenters. The largest absolute Gasteiger partial charge is 0.489 e. The number of hydrogen-bond acceptors (Lipinski definition) is 2. The number of ether oxygens (including phenoxy) is 1. The minimum absolute atomic E-state index is 0.205. The van der Waals surface area contributed by atoms with Crippen LogP contribution in [0.1, 0.15) is 16.7 Å². The Morgan fingerprint density at radius 3 is 2.68 bits per heavy atom. The van der Waals surface area contributed by atoms with Crippen molar-refractivity contribution in [2.24, 2.45) is 0 Å². The summed E-state index contributed by atoms with van der Waals surface area (Å²) in [5.74, 6) is 0.460. The molecule has 2 nitrogen and oxygen atoms in total. The Morgan fingerprint density at radius 1 is 1.00 bits per heavy atom. The lowest BCUT2D eigenvalue weighted by atomic mass is 10.1. The zero-order valence-corrected chi connectivity index (χ0v) is 14.7. The molecule has 3 aromatic carbocycles.